The maximum absolute atomic E-state index is 7.50. The molecule has 10 aromatic carbocycles. The zero-order chi connectivity index (χ0) is 48.7. The second-order valence-corrected chi connectivity index (χ2v) is 30.2. The van der Waals surface area contributed by atoms with Gasteiger partial charge in [0, 0.05) is 0 Å². The summed E-state index contributed by atoms with van der Waals surface area (Å²) in [5, 5.41) is 0. The minimum absolute atomic E-state index is 0.705. The number of ether oxygens (including phenoxy) is 2. The zero-order valence-corrected chi connectivity index (χ0v) is 44.9. The molecule has 11 aromatic rings. The molecule has 5 heterocycles. The topological polar surface area (TPSA) is 44.3 Å². The van der Waals surface area contributed by atoms with Gasteiger partial charge in [-0.3, -0.25) is 0 Å². The normalized spacial score (nSPS) is 13.0. The Morgan fingerprint density at radius 1 is 0.311 bits per heavy atom. The Kier molecular flexibility index (Phi) is 10.2. The number of nitrogens with zero attached hydrogens (tertiary/aromatic N) is 5. The number of anilines is 12. The second kappa shape index (κ2) is 17.6. The molecule has 346 valence electrons. The molecule has 4 aliphatic heterocycles. The first-order valence-corrected chi connectivity index (χ1v) is 32.5. The molecule has 9 heteroatoms. The summed E-state index contributed by atoms with van der Waals surface area (Å²) < 4.78 is 22.4. The average molecular weight is 1070 g/mol. The van der Waals surface area contributed by atoms with Gasteiger partial charge in [-0.05, 0) is 0 Å². The predicted molar refractivity (Wildman–Crippen MR) is 305 cm³/mol. The SMILES string of the molecule is c1ccc(N(c2ccccc2)c2cc3[c]4c(c2)N(c2ccccc2)c2cccc[c]2[Ga]4[c]2cc4[c](nc2O3)[Ga]2[c]3ccccc3N(c3ccccc3)c3cc(N(c5ccccc5)c5ccccc5)cc([c]32)O4)cc1. The van der Waals surface area contributed by atoms with E-state index in [1.165, 1.54) is 32.0 Å². The molecule has 0 fully saturated rings. The van der Waals surface area contributed by atoms with Crippen LogP contribution in [0.2, 0.25) is 0 Å². The van der Waals surface area contributed by atoms with Crippen molar-refractivity contribution in [2.24, 2.45) is 0 Å². The van der Waals surface area contributed by atoms with E-state index in [0.29, 0.717) is 5.88 Å². The van der Waals surface area contributed by atoms with Crippen molar-refractivity contribution in [1.29, 1.82) is 0 Å². The van der Waals surface area contributed by atoms with E-state index in [-0.39, 0.29) is 0 Å². The summed E-state index contributed by atoms with van der Waals surface area (Å²) in [4.78, 5) is 15.4. The van der Waals surface area contributed by atoms with Gasteiger partial charge in [0.15, 0.2) is 0 Å². The Morgan fingerprint density at radius 2 is 0.689 bits per heavy atom. The summed E-state index contributed by atoms with van der Waals surface area (Å²) in [7, 11) is 0. The van der Waals surface area contributed by atoms with Gasteiger partial charge < -0.3 is 0 Å². The Bertz CT molecular complexity index is 3610. The monoisotopic (exact) mass is 1060 g/mol. The fourth-order valence-corrected chi connectivity index (χ4v) is 25.9. The molecule has 0 aliphatic carbocycles. The molecule has 0 bridgehead atoms. The van der Waals surface area contributed by atoms with E-state index in [0.717, 1.165) is 78.4 Å². The molecule has 0 unspecified atom stereocenters. The van der Waals surface area contributed by atoms with Crippen LogP contribution in [0.5, 0.6) is 23.1 Å². The number of aromatic nitrogens is 1. The third kappa shape index (κ3) is 6.89. The Labute approximate surface area is 440 Å². The molecule has 0 saturated carbocycles. The van der Waals surface area contributed by atoms with Gasteiger partial charge in [-0.15, -0.1) is 0 Å². The molecular formula is C65H43Ga2N5O2. The number of hydrogen-bond acceptors (Lipinski definition) is 7. The van der Waals surface area contributed by atoms with Gasteiger partial charge in [-0.1, -0.05) is 0 Å². The number of hydrogen-bond donors (Lipinski definition) is 0. The summed E-state index contributed by atoms with van der Waals surface area (Å²) in [5.74, 6) is 3.30. The summed E-state index contributed by atoms with van der Waals surface area (Å²) in [6.07, 6.45) is 0. The Balaban J connectivity index is 0.968. The molecule has 15 rings (SSSR count). The van der Waals surface area contributed by atoms with E-state index >= 15 is 0 Å². The second-order valence-electron chi connectivity index (χ2n) is 19.1. The number of para-hydroxylation sites is 8. The molecule has 0 saturated heterocycles. The van der Waals surface area contributed by atoms with Crippen LogP contribution < -0.4 is 53.9 Å². The molecule has 74 heavy (non-hydrogen) atoms. The number of benzene rings is 10. The van der Waals surface area contributed by atoms with Crippen molar-refractivity contribution in [3.63, 3.8) is 0 Å². The van der Waals surface area contributed by atoms with Gasteiger partial charge >= 0.3 is 444 Å². The molecule has 4 aliphatic rings. The molecule has 0 spiro atoms. The quantitative estimate of drug-likeness (QED) is 0.141. The van der Waals surface area contributed by atoms with Crippen LogP contribution in [0.3, 0.4) is 0 Å². The van der Waals surface area contributed by atoms with E-state index in [2.05, 4.69) is 280 Å². The molecule has 0 radical (unpaired) electrons. The van der Waals surface area contributed by atoms with Crippen molar-refractivity contribution < 1.29 is 9.47 Å². The van der Waals surface area contributed by atoms with E-state index in [4.69, 9.17) is 14.5 Å². The molecular weight excluding hydrogens is 1020 g/mol. The predicted octanol–water partition coefficient (Wildman–Crippen LogP) is 12.8. The Hall–Kier alpha value is -8.58. The van der Waals surface area contributed by atoms with Gasteiger partial charge in [-0.25, -0.2) is 0 Å². The van der Waals surface area contributed by atoms with Crippen LogP contribution in [0.15, 0.2) is 261 Å². The first-order valence-electron chi connectivity index (χ1n) is 25.2. The van der Waals surface area contributed by atoms with E-state index in [1.807, 2.05) is 0 Å². The molecule has 0 N–H and O–H groups in total. The van der Waals surface area contributed by atoms with Crippen molar-refractivity contribution >= 4 is 126 Å². The van der Waals surface area contributed by atoms with Crippen molar-refractivity contribution in [3.05, 3.63) is 261 Å². The van der Waals surface area contributed by atoms with Gasteiger partial charge in [0.25, 0.3) is 0 Å². The van der Waals surface area contributed by atoms with Crippen LogP contribution in [-0.2, 0) is 0 Å². The van der Waals surface area contributed by atoms with Crippen molar-refractivity contribution in [2.75, 3.05) is 19.6 Å². The molecule has 0 atom stereocenters. The van der Waals surface area contributed by atoms with Crippen LogP contribution in [0, 0.1) is 0 Å². The Morgan fingerprint density at radius 3 is 1.15 bits per heavy atom. The van der Waals surface area contributed by atoms with Crippen LogP contribution in [0.25, 0.3) is 0 Å². The number of pyridine rings is 1. The van der Waals surface area contributed by atoms with Crippen LogP contribution in [0.1, 0.15) is 0 Å². The van der Waals surface area contributed by atoms with Crippen molar-refractivity contribution in [2.45, 2.75) is 0 Å². The van der Waals surface area contributed by atoms with Crippen molar-refractivity contribution in [3.8, 4) is 23.1 Å². The maximum atomic E-state index is 7.50. The van der Waals surface area contributed by atoms with Gasteiger partial charge in [0.2, 0.25) is 0 Å². The first-order chi connectivity index (χ1) is 36.7. The zero-order valence-electron chi connectivity index (χ0n) is 40.0. The summed E-state index contributed by atoms with van der Waals surface area (Å²) in [5.41, 5.74) is 13.1. The van der Waals surface area contributed by atoms with Crippen LogP contribution in [0.4, 0.5) is 68.2 Å². The van der Waals surface area contributed by atoms with E-state index < -0.39 is 32.4 Å². The standard InChI is InChI=1S/C65H43N5O2.2Ga/c1-9-25-50(26-10-1)67(51-27-11-2-12-28-51)58-43-59(68(52-29-13-3-14-30-52)53-31-15-4-16-32-53)46-63(45-58)71-62-41-42-65(66-49-62)72-64-47-60(69(54-33-17-5-18-34-54)55-35-19-6-20-36-55)44-61(48-64)70(56-37-21-7-22-38-56)57-39-23-8-24-40-57;;/h1-31,33-39,41,43-45,47H;;. The van der Waals surface area contributed by atoms with Gasteiger partial charge in [-0.2, -0.15) is 0 Å². The van der Waals surface area contributed by atoms with E-state index in [1.54, 1.807) is 0 Å². The third-order valence-corrected chi connectivity index (χ3v) is 28.6. The summed E-state index contributed by atoms with van der Waals surface area (Å²) in [6.45, 7) is 0. The summed E-state index contributed by atoms with van der Waals surface area (Å²) in [6, 6.07) is 93.8. The van der Waals surface area contributed by atoms with Crippen molar-refractivity contribution in [1.82, 2.24) is 4.98 Å². The fourth-order valence-electron chi connectivity index (χ4n) is 11.8. The molecule has 7 nitrogen and oxygen atoms in total. The molecule has 1 aromatic heterocycles. The fraction of sp³-hybridized carbons (Fsp3) is 0. The average Bonchev–Trinajstić information content (AvgIpc) is 3.47. The molecule has 0 amide bonds. The van der Waals surface area contributed by atoms with Crippen LogP contribution >= 0.6 is 0 Å². The van der Waals surface area contributed by atoms with Gasteiger partial charge in [0.05, 0.1) is 0 Å². The van der Waals surface area contributed by atoms with E-state index in [9.17, 15) is 0 Å². The number of fused-ring (bicyclic) bond motifs is 8. The minimum atomic E-state index is -3.11. The third-order valence-electron chi connectivity index (χ3n) is 14.9. The van der Waals surface area contributed by atoms with Gasteiger partial charge in [0.1, 0.15) is 0 Å². The van der Waals surface area contributed by atoms with Crippen LogP contribution in [-0.4, -0.2) is 37.4 Å². The number of rotatable bonds is 8. The first kappa shape index (κ1) is 43.0. The summed E-state index contributed by atoms with van der Waals surface area (Å²) >= 11 is -6.18.